The van der Waals surface area contributed by atoms with Crippen LogP contribution < -0.4 is 0 Å². The molecular formula is C50H58N2O4. The van der Waals surface area contributed by atoms with Crippen molar-refractivity contribution in [2.45, 2.75) is 86.0 Å². The first kappa shape index (κ1) is 40.6. The number of allylic oxidation sites excluding steroid dienone is 6. The molecule has 0 saturated carbocycles. The van der Waals surface area contributed by atoms with Gasteiger partial charge in [-0.05, 0) is 121 Å². The van der Waals surface area contributed by atoms with Gasteiger partial charge < -0.3 is 9.47 Å². The van der Waals surface area contributed by atoms with Crippen molar-refractivity contribution >= 4 is 39.3 Å². The number of nitrogens with zero attached hydrogens (tertiary/aromatic N) is 2. The summed E-state index contributed by atoms with van der Waals surface area (Å²) in [7, 11) is 2.95. The first-order valence-corrected chi connectivity index (χ1v) is 20.2. The summed E-state index contributed by atoms with van der Waals surface area (Å²) in [6.45, 7) is 19.2. The van der Waals surface area contributed by atoms with Gasteiger partial charge in [0.2, 0.25) is 0 Å². The smallest absolute Gasteiger partial charge is 0.308 e. The highest BCUT2D eigenvalue weighted by atomic mass is 16.5. The van der Waals surface area contributed by atoms with Gasteiger partial charge in [-0.2, -0.15) is 0 Å². The number of hydrogen-bond donors (Lipinski definition) is 0. The Labute approximate surface area is 333 Å². The van der Waals surface area contributed by atoms with Crippen molar-refractivity contribution in [3.8, 4) is 11.3 Å². The quantitative estimate of drug-likeness (QED) is 0.159. The van der Waals surface area contributed by atoms with E-state index in [-0.39, 0.29) is 29.7 Å². The number of benzene rings is 3. The van der Waals surface area contributed by atoms with Gasteiger partial charge >= 0.3 is 11.9 Å². The fourth-order valence-electron chi connectivity index (χ4n) is 9.88. The Morgan fingerprint density at radius 2 is 1.48 bits per heavy atom. The molecule has 292 valence electrons. The van der Waals surface area contributed by atoms with E-state index in [0.29, 0.717) is 19.3 Å². The van der Waals surface area contributed by atoms with E-state index in [9.17, 15) is 9.59 Å². The Morgan fingerprint density at radius 3 is 2.14 bits per heavy atom. The fraction of sp³-hybridized carbons (Fsp3) is 0.400. The molecule has 6 rings (SSSR count). The lowest BCUT2D eigenvalue weighted by molar-refractivity contribution is -0.146. The third-order valence-corrected chi connectivity index (χ3v) is 12.5. The number of methoxy groups -OCH3 is 2. The van der Waals surface area contributed by atoms with Gasteiger partial charge in [0.05, 0.1) is 43.0 Å². The number of pyridine rings is 1. The lowest BCUT2D eigenvalue weighted by Crippen LogP contribution is -2.43. The van der Waals surface area contributed by atoms with Crippen molar-refractivity contribution in [2.24, 2.45) is 34.1 Å². The molecule has 1 aromatic heterocycles. The summed E-state index contributed by atoms with van der Waals surface area (Å²) in [6.07, 6.45) is 12.3. The molecule has 1 aliphatic heterocycles. The van der Waals surface area contributed by atoms with Gasteiger partial charge in [0, 0.05) is 22.1 Å². The van der Waals surface area contributed by atoms with Gasteiger partial charge in [0.25, 0.3) is 0 Å². The molecule has 2 aliphatic rings. The second-order valence-corrected chi connectivity index (χ2v) is 16.7. The number of carbonyl (C=O) groups is 2. The molecule has 3 aromatic carbocycles. The molecule has 6 nitrogen and oxygen atoms in total. The van der Waals surface area contributed by atoms with E-state index in [0.717, 1.165) is 79.5 Å². The number of fused-ring (bicyclic) bond motifs is 5. The zero-order valence-corrected chi connectivity index (χ0v) is 34.7. The summed E-state index contributed by atoms with van der Waals surface area (Å²) in [6, 6.07) is 23.7. The van der Waals surface area contributed by atoms with Gasteiger partial charge in [-0.1, -0.05) is 107 Å². The molecule has 4 aromatic rings. The highest BCUT2D eigenvalue weighted by molar-refractivity contribution is 5.96. The van der Waals surface area contributed by atoms with Crippen molar-refractivity contribution < 1.29 is 19.1 Å². The van der Waals surface area contributed by atoms with E-state index >= 15 is 0 Å². The molecule has 6 atom stereocenters. The topological polar surface area (TPSA) is 77.8 Å². The minimum Gasteiger partial charge on any atom is -0.469 e. The van der Waals surface area contributed by atoms with Gasteiger partial charge in [-0.3, -0.25) is 14.6 Å². The predicted octanol–water partition coefficient (Wildman–Crippen LogP) is 11.9. The van der Waals surface area contributed by atoms with E-state index < -0.39 is 16.7 Å². The normalized spacial score (nSPS) is 27.1. The average molecular weight is 751 g/mol. The largest absolute Gasteiger partial charge is 0.469 e. The number of para-hydroxylation sites is 1. The van der Waals surface area contributed by atoms with Crippen LogP contribution in [0.1, 0.15) is 91.7 Å². The van der Waals surface area contributed by atoms with Gasteiger partial charge in [0.1, 0.15) is 0 Å². The molecule has 0 N–H and O–H groups in total. The van der Waals surface area contributed by atoms with Crippen LogP contribution in [0.4, 0.5) is 0 Å². The summed E-state index contributed by atoms with van der Waals surface area (Å²) < 4.78 is 10.9. The number of aliphatic imine (C=N–C) groups is 1. The zero-order valence-electron chi connectivity index (χ0n) is 34.7. The Kier molecular flexibility index (Phi) is 12.0. The molecule has 0 saturated heterocycles. The molecular weight excluding hydrogens is 693 g/mol. The third kappa shape index (κ3) is 7.94. The average Bonchev–Trinajstić information content (AvgIpc) is 3.42. The minimum absolute atomic E-state index is 0.0183. The summed E-state index contributed by atoms with van der Waals surface area (Å²) in [5.74, 6) is -1.16. The van der Waals surface area contributed by atoms with E-state index in [1.54, 1.807) is 0 Å². The third-order valence-electron chi connectivity index (χ3n) is 12.5. The van der Waals surface area contributed by atoms with Crippen LogP contribution in [0.25, 0.3) is 32.9 Å². The van der Waals surface area contributed by atoms with Crippen LogP contribution in [-0.4, -0.2) is 36.9 Å². The van der Waals surface area contributed by atoms with Crippen LogP contribution in [0.3, 0.4) is 0 Å². The highest BCUT2D eigenvalue weighted by Crippen LogP contribution is 2.61. The van der Waals surface area contributed by atoms with Gasteiger partial charge in [-0.15, -0.1) is 0 Å². The lowest BCUT2D eigenvalue weighted by Gasteiger charge is -2.48. The van der Waals surface area contributed by atoms with Crippen molar-refractivity contribution in [1.82, 2.24) is 4.98 Å². The molecule has 56 heavy (non-hydrogen) atoms. The summed E-state index contributed by atoms with van der Waals surface area (Å²) in [4.78, 5) is 37.4. The van der Waals surface area contributed by atoms with Gasteiger partial charge in [-0.25, -0.2) is 4.98 Å². The van der Waals surface area contributed by atoms with Crippen molar-refractivity contribution in [3.05, 3.63) is 126 Å². The van der Waals surface area contributed by atoms with Crippen LogP contribution in [0.5, 0.6) is 0 Å². The molecule has 6 heteroatoms. The van der Waals surface area contributed by atoms with Crippen molar-refractivity contribution in [2.75, 3.05) is 14.2 Å². The number of hydrogen-bond acceptors (Lipinski definition) is 6. The number of carbonyl (C=O) groups excluding carboxylic acids is 2. The molecule has 0 spiro atoms. The Morgan fingerprint density at radius 1 is 0.875 bits per heavy atom. The standard InChI is InChI=1S/C50H58N2O4/c1-11-38-23-31(2)22-32(3)27-49(28-33(4)47(53)55-9,35(6)20-21-36(7)51-37(38)8)30-50(29-34(5)48(54)56-10)43-25-40-17-13-12-16-39(40)24-42(43)46-44(50)26-41-18-14-15-19-45(41)52-46/h12-26,32-35H,8,11,27-30H2,1-7,9-10H3/b21-20-,31-22+,38-23+,51-36+. The van der Waals surface area contributed by atoms with Crippen LogP contribution in [-0.2, 0) is 24.5 Å². The molecule has 0 radical (unpaired) electrons. The van der Waals surface area contributed by atoms with Crippen molar-refractivity contribution in [1.29, 1.82) is 0 Å². The SMILES string of the molecule is C=C1/N=C(C)/C=C\C(C)C(CC(C)C(=O)OC)(CC2(CC(C)C(=O)OC)c3cc4ccccc4cc3-c3nc4ccccc4cc32)CC(C)/C=C(C)/C=C/1CC. The lowest BCUT2D eigenvalue weighted by atomic mass is 9.55. The minimum atomic E-state index is -0.670. The molecule has 0 bridgehead atoms. The molecule has 0 amide bonds. The summed E-state index contributed by atoms with van der Waals surface area (Å²) >= 11 is 0. The second-order valence-electron chi connectivity index (χ2n) is 16.7. The molecule has 0 fully saturated rings. The van der Waals surface area contributed by atoms with Crippen molar-refractivity contribution in [3.63, 3.8) is 0 Å². The number of ether oxygens (including phenoxy) is 2. The number of aromatic nitrogens is 1. The molecule has 2 heterocycles. The first-order chi connectivity index (χ1) is 26.7. The fourth-order valence-corrected chi connectivity index (χ4v) is 9.88. The maximum absolute atomic E-state index is 13.6. The molecule has 1 aliphatic carbocycles. The first-order valence-electron chi connectivity index (χ1n) is 20.2. The number of rotatable bonds is 9. The summed E-state index contributed by atoms with van der Waals surface area (Å²) in [5, 5.41) is 3.33. The zero-order chi connectivity index (χ0) is 40.4. The highest BCUT2D eigenvalue weighted by Gasteiger charge is 2.53. The van der Waals surface area contributed by atoms with E-state index in [1.165, 1.54) is 14.2 Å². The van der Waals surface area contributed by atoms with Crippen LogP contribution in [0, 0.1) is 29.1 Å². The van der Waals surface area contributed by atoms with E-state index in [4.69, 9.17) is 19.5 Å². The van der Waals surface area contributed by atoms with E-state index in [2.05, 4.69) is 119 Å². The maximum Gasteiger partial charge on any atom is 0.308 e. The Balaban J connectivity index is 1.70. The monoisotopic (exact) mass is 750 g/mol. The Bertz CT molecular complexity index is 2210. The van der Waals surface area contributed by atoms with Crippen LogP contribution >= 0.6 is 0 Å². The van der Waals surface area contributed by atoms with Crippen LogP contribution in [0.2, 0.25) is 0 Å². The predicted molar refractivity (Wildman–Crippen MR) is 231 cm³/mol. The second kappa shape index (κ2) is 16.6. The van der Waals surface area contributed by atoms with Crippen LogP contribution in [0.15, 0.2) is 119 Å². The van der Waals surface area contributed by atoms with Gasteiger partial charge in [0.15, 0.2) is 0 Å². The van der Waals surface area contributed by atoms with E-state index in [1.807, 2.05) is 26.8 Å². The maximum atomic E-state index is 13.6. The summed E-state index contributed by atoms with van der Waals surface area (Å²) in [5.41, 5.74) is 8.02. The molecule has 6 unspecified atom stereocenters. The Hall–Kier alpha value is -5.10. The number of esters is 2.